The lowest BCUT2D eigenvalue weighted by Crippen LogP contribution is -2.47. The summed E-state index contributed by atoms with van der Waals surface area (Å²) in [6, 6.07) is 31.1. The van der Waals surface area contributed by atoms with E-state index < -0.39 is 5.54 Å². The van der Waals surface area contributed by atoms with Crippen molar-refractivity contribution >= 4 is 16.9 Å². The van der Waals surface area contributed by atoms with Crippen LogP contribution in [0.1, 0.15) is 36.5 Å². The summed E-state index contributed by atoms with van der Waals surface area (Å²) in [5.41, 5.74) is 11.7. The molecule has 0 atom stereocenters. The molecule has 172 valence electrons. The van der Waals surface area contributed by atoms with E-state index in [0.29, 0.717) is 19.7 Å². The monoisotopic (exact) mass is 450 g/mol. The highest BCUT2D eigenvalue weighted by atomic mass is 16.6. The molecule has 0 radical (unpaired) electrons. The second-order valence-corrected chi connectivity index (χ2v) is 9.79. The Balaban J connectivity index is 1.39. The van der Waals surface area contributed by atoms with E-state index in [1.165, 1.54) is 22.3 Å². The normalized spacial score (nSPS) is 12.9. The molecule has 4 heteroatoms. The molecule has 0 saturated heterocycles. The second-order valence-electron chi connectivity index (χ2n) is 9.79. The number of carbonyl (C=O) groups is 1. The number of nitrogens with zero attached hydrogens (tertiary/aromatic N) is 1. The Morgan fingerprint density at radius 2 is 1.44 bits per heavy atom. The smallest absolute Gasteiger partial charge is 0.410 e. The summed E-state index contributed by atoms with van der Waals surface area (Å²) in [7, 11) is 0. The minimum Gasteiger partial charge on any atom is -0.448 e. The van der Waals surface area contributed by atoms with Crippen molar-refractivity contribution in [2.24, 2.45) is 5.73 Å². The van der Waals surface area contributed by atoms with Crippen LogP contribution in [0.5, 0.6) is 0 Å². The Hall–Kier alpha value is -3.63. The number of nitrogens with two attached hydrogens (primary N) is 1. The Morgan fingerprint density at radius 3 is 2.12 bits per heavy atom. The summed E-state index contributed by atoms with van der Waals surface area (Å²) in [6.07, 6.45) is -0.340. The first kappa shape index (κ1) is 22.2. The quantitative estimate of drug-likeness (QED) is 0.373. The van der Waals surface area contributed by atoms with Crippen LogP contribution in [0.25, 0.3) is 21.9 Å². The predicted molar refractivity (Wildman–Crippen MR) is 138 cm³/mol. The van der Waals surface area contributed by atoms with Gasteiger partial charge in [-0.25, -0.2) is 4.79 Å². The first-order valence-electron chi connectivity index (χ1n) is 11.8. The molecule has 4 nitrogen and oxygen atoms in total. The SMILES string of the molecule is CC(C)(N)CN(Cc1cccc2ccccc12)C(=O)OCC1c2ccccc2-c2ccccc21. The van der Waals surface area contributed by atoms with Crippen molar-refractivity contribution in [3.63, 3.8) is 0 Å². The highest BCUT2D eigenvalue weighted by molar-refractivity contribution is 5.86. The van der Waals surface area contributed by atoms with E-state index in [9.17, 15) is 4.79 Å². The first-order valence-corrected chi connectivity index (χ1v) is 11.8. The Morgan fingerprint density at radius 1 is 0.853 bits per heavy atom. The van der Waals surface area contributed by atoms with Gasteiger partial charge in [-0.1, -0.05) is 91.0 Å². The highest BCUT2D eigenvalue weighted by Crippen LogP contribution is 2.44. The molecule has 1 amide bonds. The van der Waals surface area contributed by atoms with Crippen LogP contribution in [0.2, 0.25) is 0 Å². The Bertz CT molecular complexity index is 1290. The number of rotatable bonds is 6. The Labute approximate surface area is 201 Å². The number of ether oxygens (including phenoxy) is 1. The van der Waals surface area contributed by atoms with Crippen molar-refractivity contribution < 1.29 is 9.53 Å². The predicted octanol–water partition coefficient (Wildman–Crippen LogP) is 6.33. The maximum Gasteiger partial charge on any atom is 0.410 e. The van der Waals surface area contributed by atoms with Gasteiger partial charge in [0.15, 0.2) is 0 Å². The van der Waals surface area contributed by atoms with Gasteiger partial charge in [-0.05, 0) is 52.4 Å². The van der Waals surface area contributed by atoms with Crippen LogP contribution in [0.15, 0.2) is 91.0 Å². The van der Waals surface area contributed by atoms with Crippen molar-refractivity contribution in [2.75, 3.05) is 13.2 Å². The highest BCUT2D eigenvalue weighted by Gasteiger charge is 2.30. The van der Waals surface area contributed by atoms with Crippen molar-refractivity contribution in [3.8, 4) is 11.1 Å². The number of fused-ring (bicyclic) bond motifs is 4. The van der Waals surface area contributed by atoms with E-state index in [2.05, 4.69) is 60.7 Å². The molecule has 4 aromatic carbocycles. The lowest BCUT2D eigenvalue weighted by atomic mass is 9.98. The third-order valence-corrected chi connectivity index (χ3v) is 6.43. The minimum absolute atomic E-state index is 0.0293. The number of amides is 1. The fourth-order valence-corrected chi connectivity index (χ4v) is 5.00. The van der Waals surface area contributed by atoms with Crippen LogP contribution in [0.3, 0.4) is 0 Å². The maximum absolute atomic E-state index is 13.4. The first-order chi connectivity index (χ1) is 16.4. The molecule has 0 spiro atoms. The minimum atomic E-state index is -0.545. The van der Waals surface area contributed by atoms with E-state index in [0.717, 1.165) is 16.3 Å². The van der Waals surface area contributed by atoms with Crippen molar-refractivity contribution in [2.45, 2.75) is 31.8 Å². The molecule has 0 heterocycles. The van der Waals surface area contributed by atoms with Gasteiger partial charge >= 0.3 is 6.09 Å². The summed E-state index contributed by atoms with van der Waals surface area (Å²) in [5.74, 6) is 0.0293. The van der Waals surface area contributed by atoms with E-state index >= 15 is 0 Å². The lowest BCUT2D eigenvalue weighted by molar-refractivity contribution is 0.0903. The summed E-state index contributed by atoms with van der Waals surface area (Å²) >= 11 is 0. The van der Waals surface area contributed by atoms with Crippen molar-refractivity contribution in [1.82, 2.24) is 4.90 Å². The Kier molecular flexibility index (Phi) is 5.84. The molecule has 0 bridgehead atoms. The maximum atomic E-state index is 13.4. The van der Waals surface area contributed by atoms with Crippen LogP contribution in [-0.4, -0.2) is 29.7 Å². The summed E-state index contributed by atoms with van der Waals surface area (Å²) in [5, 5.41) is 2.29. The molecule has 1 aliphatic rings. The average Bonchev–Trinajstić information content (AvgIpc) is 3.15. The molecule has 0 aromatic heterocycles. The standard InChI is InChI=1S/C30H30N2O2/c1-30(2,31)20-32(18-22-12-9-11-21-10-3-4-13-23(21)22)29(33)34-19-28-26-16-7-5-14-24(26)25-15-6-8-17-27(25)28/h3-17,28H,18-20,31H2,1-2H3. The zero-order valence-electron chi connectivity index (χ0n) is 19.7. The number of benzene rings is 4. The molecule has 4 aromatic rings. The molecule has 0 aliphatic heterocycles. The van der Waals surface area contributed by atoms with E-state index in [-0.39, 0.29) is 12.0 Å². The summed E-state index contributed by atoms with van der Waals surface area (Å²) in [6.45, 7) is 5.00. The van der Waals surface area contributed by atoms with Crippen LogP contribution >= 0.6 is 0 Å². The van der Waals surface area contributed by atoms with Crippen LogP contribution in [0.4, 0.5) is 4.79 Å². The van der Waals surface area contributed by atoms with Gasteiger partial charge in [0.2, 0.25) is 0 Å². The van der Waals surface area contributed by atoms with Crippen molar-refractivity contribution in [3.05, 3.63) is 108 Å². The van der Waals surface area contributed by atoms with Gasteiger partial charge in [-0.15, -0.1) is 0 Å². The molecule has 0 unspecified atom stereocenters. The zero-order chi connectivity index (χ0) is 23.7. The van der Waals surface area contributed by atoms with E-state index in [4.69, 9.17) is 10.5 Å². The topological polar surface area (TPSA) is 55.6 Å². The number of hydrogen-bond acceptors (Lipinski definition) is 3. The lowest BCUT2D eigenvalue weighted by Gasteiger charge is -2.30. The fourth-order valence-electron chi connectivity index (χ4n) is 5.00. The van der Waals surface area contributed by atoms with E-state index in [1.807, 2.05) is 44.2 Å². The molecule has 34 heavy (non-hydrogen) atoms. The fraction of sp³-hybridized carbons (Fsp3) is 0.233. The molecule has 5 rings (SSSR count). The number of carbonyl (C=O) groups excluding carboxylic acids is 1. The molecule has 0 fully saturated rings. The van der Waals surface area contributed by atoms with Gasteiger partial charge in [0, 0.05) is 24.5 Å². The van der Waals surface area contributed by atoms with Crippen LogP contribution < -0.4 is 5.73 Å². The molecule has 0 saturated carbocycles. The van der Waals surface area contributed by atoms with Crippen LogP contribution in [0, 0.1) is 0 Å². The van der Waals surface area contributed by atoms with Gasteiger partial charge in [0.25, 0.3) is 0 Å². The molecular weight excluding hydrogens is 420 g/mol. The van der Waals surface area contributed by atoms with Gasteiger partial charge in [0.05, 0.1) is 0 Å². The van der Waals surface area contributed by atoms with Gasteiger partial charge in [0.1, 0.15) is 6.61 Å². The summed E-state index contributed by atoms with van der Waals surface area (Å²) in [4.78, 5) is 15.1. The largest absolute Gasteiger partial charge is 0.448 e. The third kappa shape index (κ3) is 4.42. The zero-order valence-corrected chi connectivity index (χ0v) is 19.7. The van der Waals surface area contributed by atoms with Crippen molar-refractivity contribution in [1.29, 1.82) is 0 Å². The average molecular weight is 451 g/mol. The van der Waals surface area contributed by atoms with Gasteiger partial charge in [-0.2, -0.15) is 0 Å². The van der Waals surface area contributed by atoms with Gasteiger partial charge in [-0.3, -0.25) is 0 Å². The van der Waals surface area contributed by atoms with E-state index in [1.54, 1.807) is 4.90 Å². The second kappa shape index (κ2) is 8.96. The van der Waals surface area contributed by atoms with Crippen LogP contribution in [-0.2, 0) is 11.3 Å². The third-order valence-electron chi connectivity index (χ3n) is 6.43. The summed E-state index contributed by atoms with van der Waals surface area (Å²) < 4.78 is 5.96. The molecule has 2 N–H and O–H groups in total. The molecular formula is C30H30N2O2. The number of hydrogen-bond donors (Lipinski definition) is 1. The molecule has 1 aliphatic carbocycles. The van der Waals surface area contributed by atoms with Gasteiger partial charge < -0.3 is 15.4 Å².